The minimum Gasteiger partial charge on any atom is -0.493 e. The average Bonchev–Trinajstić information content (AvgIpc) is 2.61. The number of rotatable bonds is 2. The van der Waals surface area contributed by atoms with E-state index in [4.69, 9.17) is 0 Å². The number of nitrogens with one attached hydrogen (secondary N) is 1. The molecule has 0 aliphatic heterocycles. The van der Waals surface area contributed by atoms with Gasteiger partial charge in [0, 0.05) is 13.2 Å². The van der Waals surface area contributed by atoms with Crippen molar-refractivity contribution < 1.29 is 13.5 Å². The normalized spacial score (nSPS) is 12.1. The third-order valence-electron chi connectivity index (χ3n) is 2.19. The minimum atomic E-state index is -3.75. The Balaban J connectivity index is 2.80. The van der Waals surface area contributed by atoms with Crippen LogP contribution in [0.25, 0.3) is 11.0 Å². The Morgan fingerprint density at radius 3 is 2.75 bits per heavy atom. The average molecular weight is 242 g/mol. The molecule has 0 aliphatic rings. The first-order chi connectivity index (χ1) is 7.45. The Morgan fingerprint density at radius 1 is 1.44 bits per heavy atom. The molecule has 0 aliphatic carbocycles. The molecule has 86 valence electrons. The summed E-state index contributed by atoms with van der Waals surface area (Å²) in [5.74, 6) is -0.348. The smallest absolute Gasteiger partial charge is 0.276 e. The summed E-state index contributed by atoms with van der Waals surface area (Å²) in [6.07, 6.45) is 1.66. The number of fused-ring (bicyclic) bond motifs is 1. The molecule has 0 amide bonds. The highest BCUT2D eigenvalue weighted by atomic mass is 32.2. The lowest BCUT2D eigenvalue weighted by atomic mass is 10.4. The van der Waals surface area contributed by atoms with E-state index in [9.17, 15) is 13.5 Å². The first kappa shape index (κ1) is 10.8. The van der Waals surface area contributed by atoms with Crippen molar-refractivity contribution in [2.75, 3.05) is 7.05 Å². The zero-order valence-electron chi connectivity index (χ0n) is 8.67. The highest BCUT2D eigenvalue weighted by Crippen LogP contribution is 2.22. The van der Waals surface area contributed by atoms with Crippen molar-refractivity contribution in [1.82, 2.24) is 19.3 Å². The molecule has 0 atom stereocenters. The largest absolute Gasteiger partial charge is 0.493 e. The predicted molar refractivity (Wildman–Crippen MR) is 56.4 cm³/mol. The lowest BCUT2D eigenvalue weighted by Crippen LogP contribution is -2.21. The van der Waals surface area contributed by atoms with E-state index in [0.29, 0.717) is 11.0 Å². The maximum absolute atomic E-state index is 11.5. The van der Waals surface area contributed by atoms with Gasteiger partial charge in [-0.25, -0.2) is 13.1 Å². The summed E-state index contributed by atoms with van der Waals surface area (Å²) in [6.45, 7) is 0. The zero-order chi connectivity index (χ0) is 11.9. The Labute approximate surface area is 91.8 Å². The van der Waals surface area contributed by atoms with E-state index in [1.165, 1.54) is 7.05 Å². The quantitative estimate of drug-likeness (QED) is 0.697. The first-order valence-electron chi connectivity index (χ1n) is 4.41. The molecule has 2 N–H and O–H groups in total. The molecule has 8 heteroatoms. The summed E-state index contributed by atoms with van der Waals surface area (Å²) in [5, 5.41) is 9.54. The second kappa shape index (κ2) is 3.42. The maximum atomic E-state index is 11.5. The monoisotopic (exact) mass is 242 g/mol. The van der Waals surface area contributed by atoms with Gasteiger partial charge >= 0.3 is 0 Å². The van der Waals surface area contributed by atoms with Gasteiger partial charge in [-0.1, -0.05) is 0 Å². The molecule has 0 saturated carbocycles. The van der Waals surface area contributed by atoms with E-state index >= 15 is 0 Å². The van der Waals surface area contributed by atoms with Crippen LogP contribution in [-0.2, 0) is 17.1 Å². The molecule has 0 radical (unpaired) electrons. The molecule has 0 aromatic carbocycles. The SMILES string of the molecule is CNS(=O)(=O)c1nc(O)c2ccn(C)c2n1. The van der Waals surface area contributed by atoms with Gasteiger partial charge in [0.05, 0.1) is 5.39 Å². The van der Waals surface area contributed by atoms with Crippen LogP contribution in [0.15, 0.2) is 17.4 Å². The number of aromatic hydroxyl groups is 1. The molecular formula is C8H10N4O3S. The standard InChI is InChI=1S/C8H10N4O3S/c1-9-16(14,15)8-10-6-5(7(13)11-8)3-4-12(6)2/h3-4,9H,1-2H3,(H,10,11,13). The van der Waals surface area contributed by atoms with Gasteiger partial charge in [-0.15, -0.1) is 0 Å². The Morgan fingerprint density at radius 2 is 2.12 bits per heavy atom. The fourth-order valence-electron chi connectivity index (χ4n) is 1.31. The molecule has 2 heterocycles. The molecule has 0 spiro atoms. The lowest BCUT2D eigenvalue weighted by molar-refractivity contribution is 0.451. The van der Waals surface area contributed by atoms with Crippen molar-refractivity contribution in [2.45, 2.75) is 5.16 Å². The second-order valence-corrected chi connectivity index (χ2v) is 4.98. The van der Waals surface area contributed by atoms with Crippen LogP contribution in [-0.4, -0.2) is 35.1 Å². The number of hydrogen-bond acceptors (Lipinski definition) is 5. The van der Waals surface area contributed by atoms with Crippen LogP contribution in [0.1, 0.15) is 0 Å². The summed E-state index contributed by atoms with van der Waals surface area (Å²) < 4.78 is 26.6. The van der Waals surface area contributed by atoms with E-state index in [2.05, 4.69) is 14.7 Å². The lowest BCUT2D eigenvalue weighted by Gasteiger charge is -2.03. The van der Waals surface area contributed by atoms with Gasteiger partial charge in [-0.05, 0) is 13.1 Å². The zero-order valence-corrected chi connectivity index (χ0v) is 9.48. The van der Waals surface area contributed by atoms with Crippen molar-refractivity contribution >= 4 is 21.1 Å². The molecule has 2 aromatic heterocycles. The van der Waals surface area contributed by atoms with Gasteiger partial charge < -0.3 is 9.67 Å². The topological polar surface area (TPSA) is 97.1 Å². The van der Waals surface area contributed by atoms with Gasteiger partial charge in [0.2, 0.25) is 5.88 Å². The third kappa shape index (κ3) is 1.51. The van der Waals surface area contributed by atoms with Gasteiger partial charge in [0.25, 0.3) is 15.2 Å². The summed E-state index contributed by atoms with van der Waals surface area (Å²) in [6, 6.07) is 1.61. The van der Waals surface area contributed by atoms with Crippen LogP contribution >= 0.6 is 0 Å². The number of aryl methyl sites for hydroxylation is 1. The molecular weight excluding hydrogens is 232 g/mol. The second-order valence-electron chi connectivity index (χ2n) is 3.20. The summed E-state index contributed by atoms with van der Waals surface area (Å²) in [5.41, 5.74) is 0.362. The number of aromatic nitrogens is 3. The molecule has 0 bridgehead atoms. The van der Waals surface area contributed by atoms with Crippen molar-refractivity contribution in [3.63, 3.8) is 0 Å². The first-order valence-corrected chi connectivity index (χ1v) is 5.89. The number of sulfonamides is 1. The van der Waals surface area contributed by atoms with Gasteiger partial charge in [0.1, 0.15) is 5.65 Å². The van der Waals surface area contributed by atoms with Gasteiger partial charge in [-0.3, -0.25) is 0 Å². The molecule has 0 saturated heterocycles. The predicted octanol–water partition coefficient (Wildman–Crippen LogP) is -0.418. The third-order valence-corrected chi connectivity index (χ3v) is 3.39. The molecule has 2 rings (SSSR count). The highest BCUT2D eigenvalue weighted by molar-refractivity contribution is 7.89. The van der Waals surface area contributed by atoms with Crippen LogP contribution < -0.4 is 4.72 Å². The molecule has 2 aromatic rings. The number of nitrogens with zero attached hydrogens (tertiary/aromatic N) is 3. The van der Waals surface area contributed by atoms with E-state index in [0.717, 1.165) is 0 Å². The Bertz CT molecular complexity index is 647. The molecule has 0 unspecified atom stereocenters. The fraction of sp³-hybridized carbons (Fsp3) is 0.250. The van der Waals surface area contributed by atoms with E-state index in [1.54, 1.807) is 23.9 Å². The van der Waals surface area contributed by atoms with Crippen LogP contribution in [0.2, 0.25) is 0 Å². The van der Waals surface area contributed by atoms with Crippen molar-refractivity contribution in [3.8, 4) is 5.88 Å². The van der Waals surface area contributed by atoms with E-state index < -0.39 is 15.2 Å². The van der Waals surface area contributed by atoms with Crippen molar-refractivity contribution in [3.05, 3.63) is 12.3 Å². The number of hydrogen-bond donors (Lipinski definition) is 2. The van der Waals surface area contributed by atoms with Crippen LogP contribution in [0.4, 0.5) is 0 Å². The van der Waals surface area contributed by atoms with E-state index in [1.807, 2.05) is 0 Å². The van der Waals surface area contributed by atoms with E-state index in [-0.39, 0.29) is 5.88 Å². The molecule has 7 nitrogen and oxygen atoms in total. The van der Waals surface area contributed by atoms with Crippen molar-refractivity contribution in [1.29, 1.82) is 0 Å². The molecule has 16 heavy (non-hydrogen) atoms. The maximum Gasteiger partial charge on any atom is 0.276 e. The summed E-state index contributed by atoms with van der Waals surface area (Å²) >= 11 is 0. The summed E-state index contributed by atoms with van der Waals surface area (Å²) in [7, 11) is -0.799. The highest BCUT2D eigenvalue weighted by Gasteiger charge is 2.19. The van der Waals surface area contributed by atoms with Crippen LogP contribution in [0, 0.1) is 0 Å². The van der Waals surface area contributed by atoms with Gasteiger partial charge in [0.15, 0.2) is 0 Å². The van der Waals surface area contributed by atoms with Crippen LogP contribution in [0.3, 0.4) is 0 Å². The van der Waals surface area contributed by atoms with Crippen molar-refractivity contribution in [2.24, 2.45) is 7.05 Å². The van der Waals surface area contributed by atoms with Gasteiger partial charge in [-0.2, -0.15) is 9.97 Å². The minimum absolute atomic E-state index is 0.348. The van der Waals surface area contributed by atoms with Crippen LogP contribution in [0.5, 0.6) is 5.88 Å². The molecule has 0 fully saturated rings. The fourth-order valence-corrected chi connectivity index (χ4v) is 1.91. The Kier molecular flexibility index (Phi) is 2.32. The Hall–Kier alpha value is -1.67. The summed E-state index contributed by atoms with van der Waals surface area (Å²) in [4.78, 5) is 7.42.